The van der Waals surface area contributed by atoms with E-state index in [-0.39, 0.29) is 24.1 Å². The van der Waals surface area contributed by atoms with Gasteiger partial charge in [0.1, 0.15) is 22.4 Å². The number of aromatic nitrogens is 2. The summed E-state index contributed by atoms with van der Waals surface area (Å²) in [5.41, 5.74) is 1.92. The lowest BCUT2D eigenvalue weighted by molar-refractivity contribution is -0.116. The summed E-state index contributed by atoms with van der Waals surface area (Å²) in [6.07, 6.45) is 6.39. The van der Waals surface area contributed by atoms with E-state index < -0.39 is 5.97 Å². The summed E-state index contributed by atoms with van der Waals surface area (Å²) in [5.74, 6) is -0.714. The summed E-state index contributed by atoms with van der Waals surface area (Å²) in [4.78, 5) is 43.4. The maximum absolute atomic E-state index is 13.0. The van der Waals surface area contributed by atoms with Crippen molar-refractivity contribution in [1.29, 1.82) is 0 Å². The van der Waals surface area contributed by atoms with Crippen LogP contribution >= 0.6 is 11.3 Å². The van der Waals surface area contributed by atoms with Crippen LogP contribution in [-0.2, 0) is 16.1 Å². The first kappa shape index (κ1) is 21.2. The highest BCUT2D eigenvalue weighted by Gasteiger charge is 2.24. The zero-order valence-electron chi connectivity index (χ0n) is 17.6. The lowest BCUT2D eigenvalue weighted by atomic mass is 9.98. The molecule has 0 bridgehead atoms. The Labute approximate surface area is 184 Å². The predicted molar refractivity (Wildman–Crippen MR) is 121 cm³/mol. The van der Waals surface area contributed by atoms with Gasteiger partial charge in [-0.05, 0) is 62.8 Å². The molecular formula is C23H25N3O4S. The number of fused-ring (bicyclic) bond motifs is 1. The van der Waals surface area contributed by atoms with Crippen LogP contribution in [0.3, 0.4) is 0 Å². The minimum atomic E-state index is -0.393. The molecule has 1 fully saturated rings. The van der Waals surface area contributed by atoms with Crippen molar-refractivity contribution in [3.8, 4) is 0 Å². The van der Waals surface area contributed by atoms with Crippen molar-refractivity contribution in [3.05, 3.63) is 57.0 Å². The molecule has 2 heterocycles. The first-order chi connectivity index (χ1) is 14.9. The molecule has 4 rings (SSSR count). The zero-order valence-corrected chi connectivity index (χ0v) is 18.5. The van der Waals surface area contributed by atoms with E-state index >= 15 is 0 Å². The quantitative estimate of drug-likeness (QED) is 0.602. The fourth-order valence-electron chi connectivity index (χ4n) is 3.93. The van der Waals surface area contributed by atoms with Gasteiger partial charge in [0, 0.05) is 5.69 Å². The molecular weight excluding hydrogens is 414 g/mol. The van der Waals surface area contributed by atoms with E-state index in [0.717, 1.165) is 31.2 Å². The van der Waals surface area contributed by atoms with Gasteiger partial charge in [-0.1, -0.05) is 18.6 Å². The number of rotatable bonds is 5. The van der Waals surface area contributed by atoms with Gasteiger partial charge in [0.25, 0.3) is 5.56 Å². The number of esters is 1. The average Bonchev–Trinajstić information content (AvgIpc) is 3.08. The molecule has 1 aliphatic rings. The Balaban J connectivity index is 1.54. The summed E-state index contributed by atoms with van der Waals surface area (Å²) in [5, 5.41) is 3.16. The van der Waals surface area contributed by atoms with Crippen LogP contribution < -0.4 is 10.9 Å². The van der Waals surface area contributed by atoms with E-state index in [9.17, 15) is 14.4 Å². The largest absolute Gasteiger partial charge is 0.458 e. The summed E-state index contributed by atoms with van der Waals surface area (Å²) in [6, 6.07) is 7.44. The van der Waals surface area contributed by atoms with Gasteiger partial charge in [0.15, 0.2) is 0 Å². The number of hydrogen-bond acceptors (Lipinski definition) is 6. The monoisotopic (exact) mass is 439 g/mol. The third kappa shape index (κ3) is 4.69. The van der Waals surface area contributed by atoms with Crippen molar-refractivity contribution in [2.45, 2.75) is 58.6 Å². The van der Waals surface area contributed by atoms with Gasteiger partial charge in [-0.15, -0.1) is 11.3 Å². The van der Waals surface area contributed by atoms with E-state index in [1.54, 1.807) is 13.0 Å². The van der Waals surface area contributed by atoms with Gasteiger partial charge in [-0.3, -0.25) is 14.2 Å². The molecule has 3 aromatic rings. The second-order valence-electron chi connectivity index (χ2n) is 8.00. The van der Waals surface area contributed by atoms with Crippen molar-refractivity contribution in [2.75, 3.05) is 5.32 Å². The number of hydrogen-bond donors (Lipinski definition) is 1. The number of thiophene rings is 1. The van der Waals surface area contributed by atoms with E-state index in [1.165, 1.54) is 28.7 Å². The molecule has 1 N–H and O–H groups in total. The molecule has 2 aromatic heterocycles. The van der Waals surface area contributed by atoms with E-state index in [1.807, 2.05) is 25.1 Å². The number of carbonyl (C=O) groups excluding carboxylic acids is 2. The minimum Gasteiger partial charge on any atom is -0.458 e. The fraction of sp³-hybridized carbons (Fsp3) is 0.391. The molecule has 31 heavy (non-hydrogen) atoms. The zero-order chi connectivity index (χ0) is 22.0. The summed E-state index contributed by atoms with van der Waals surface area (Å²) < 4.78 is 6.94. The van der Waals surface area contributed by atoms with Crippen LogP contribution in [0, 0.1) is 13.8 Å². The number of carbonyl (C=O) groups is 2. The topological polar surface area (TPSA) is 90.3 Å². The maximum atomic E-state index is 13.0. The number of amides is 1. The maximum Gasteiger partial charge on any atom is 0.348 e. The Hall–Kier alpha value is -3.00. The molecule has 8 heteroatoms. The van der Waals surface area contributed by atoms with Crippen LogP contribution in [0.4, 0.5) is 5.69 Å². The number of anilines is 1. The average molecular weight is 440 g/mol. The lowest BCUT2D eigenvalue weighted by Gasteiger charge is -2.21. The van der Waals surface area contributed by atoms with E-state index in [0.29, 0.717) is 26.3 Å². The van der Waals surface area contributed by atoms with Gasteiger partial charge in [0.05, 0.1) is 11.7 Å². The fourth-order valence-corrected chi connectivity index (χ4v) is 4.95. The van der Waals surface area contributed by atoms with Crippen LogP contribution in [0.25, 0.3) is 10.2 Å². The summed E-state index contributed by atoms with van der Waals surface area (Å²) >= 11 is 1.17. The van der Waals surface area contributed by atoms with Gasteiger partial charge >= 0.3 is 5.97 Å². The number of benzene rings is 1. The smallest absolute Gasteiger partial charge is 0.348 e. The van der Waals surface area contributed by atoms with Gasteiger partial charge < -0.3 is 10.1 Å². The van der Waals surface area contributed by atoms with Crippen molar-refractivity contribution in [2.24, 2.45) is 0 Å². The second-order valence-corrected chi connectivity index (χ2v) is 9.00. The first-order valence-corrected chi connectivity index (χ1v) is 11.3. The molecule has 0 unspecified atom stereocenters. The number of ether oxygens (including phenoxy) is 1. The molecule has 1 amide bonds. The highest BCUT2D eigenvalue weighted by molar-refractivity contribution is 7.20. The Kier molecular flexibility index (Phi) is 6.18. The molecule has 1 aromatic carbocycles. The highest BCUT2D eigenvalue weighted by Crippen LogP contribution is 2.29. The molecule has 1 saturated carbocycles. The number of nitrogens with one attached hydrogen (secondary N) is 1. The van der Waals surface area contributed by atoms with Crippen molar-refractivity contribution >= 4 is 39.1 Å². The first-order valence-electron chi connectivity index (χ1n) is 10.5. The lowest BCUT2D eigenvalue weighted by Crippen LogP contribution is -2.28. The molecule has 162 valence electrons. The van der Waals surface area contributed by atoms with Crippen molar-refractivity contribution in [3.63, 3.8) is 0 Å². The van der Waals surface area contributed by atoms with Crippen molar-refractivity contribution < 1.29 is 14.3 Å². The van der Waals surface area contributed by atoms with Crippen LogP contribution in [0.15, 0.2) is 35.4 Å². The molecule has 7 nitrogen and oxygen atoms in total. The molecule has 1 aliphatic carbocycles. The van der Waals surface area contributed by atoms with Crippen LogP contribution in [0.1, 0.15) is 52.9 Å². The predicted octanol–water partition coefficient (Wildman–Crippen LogP) is 4.20. The molecule has 0 spiro atoms. The standard InChI is InChI=1S/C23H25N3O4S/c1-14-7-6-8-16(11-14)25-18(27)12-26-13-24-21-19(22(26)28)15(2)20(31-21)23(29)30-17-9-4-3-5-10-17/h6-8,11,13,17H,3-5,9-10,12H2,1-2H3,(H,25,27). The SMILES string of the molecule is Cc1cccc(NC(=O)Cn2cnc3sc(C(=O)OC4CCCCC4)c(C)c3c2=O)c1. The van der Waals surface area contributed by atoms with Gasteiger partial charge in [-0.25, -0.2) is 9.78 Å². The Bertz CT molecular complexity index is 1190. The normalized spacial score (nSPS) is 14.5. The van der Waals surface area contributed by atoms with Gasteiger partial charge in [0.2, 0.25) is 5.91 Å². The molecule has 0 saturated heterocycles. The number of nitrogens with zero attached hydrogens (tertiary/aromatic N) is 2. The Morgan fingerprint density at radius 2 is 2.00 bits per heavy atom. The molecule has 0 atom stereocenters. The van der Waals surface area contributed by atoms with Crippen LogP contribution in [0.5, 0.6) is 0 Å². The molecule has 0 radical (unpaired) electrons. The summed E-state index contributed by atoms with van der Waals surface area (Å²) in [6.45, 7) is 3.51. The van der Waals surface area contributed by atoms with Crippen molar-refractivity contribution in [1.82, 2.24) is 9.55 Å². The minimum absolute atomic E-state index is 0.0548. The third-order valence-electron chi connectivity index (χ3n) is 5.54. The van der Waals surface area contributed by atoms with Crippen LogP contribution in [0.2, 0.25) is 0 Å². The second kappa shape index (κ2) is 9.01. The van der Waals surface area contributed by atoms with E-state index in [2.05, 4.69) is 10.3 Å². The third-order valence-corrected chi connectivity index (χ3v) is 6.72. The molecule has 0 aliphatic heterocycles. The van der Waals surface area contributed by atoms with Crippen LogP contribution in [-0.4, -0.2) is 27.5 Å². The Morgan fingerprint density at radius 1 is 1.23 bits per heavy atom. The highest BCUT2D eigenvalue weighted by atomic mass is 32.1. The summed E-state index contributed by atoms with van der Waals surface area (Å²) in [7, 11) is 0. The van der Waals surface area contributed by atoms with E-state index in [4.69, 9.17) is 4.74 Å². The Morgan fingerprint density at radius 3 is 2.74 bits per heavy atom. The number of aryl methyl sites for hydroxylation is 2. The van der Waals surface area contributed by atoms with Gasteiger partial charge in [-0.2, -0.15) is 0 Å².